The molecule has 0 bridgehead atoms. The number of aryl methyl sites for hydroxylation is 4. The van der Waals surface area contributed by atoms with Crippen LogP contribution in [0.5, 0.6) is 0 Å². The van der Waals surface area contributed by atoms with Crippen molar-refractivity contribution in [2.75, 3.05) is 0 Å². The van der Waals surface area contributed by atoms with E-state index < -0.39 is 19.7 Å². The molecule has 29 heavy (non-hydrogen) atoms. The minimum Gasteiger partial charge on any atom is -1.00 e. The number of carbonyl (C=O) groups is 2. The first kappa shape index (κ1) is 27.7. The molecule has 2 N–H and O–H groups in total. The quantitative estimate of drug-likeness (QED) is 0.451. The summed E-state index contributed by atoms with van der Waals surface area (Å²) < 4.78 is 5.87. The molecule has 0 fully saturated rings. The minimum atomic E-state index is -1.11. The largest absolute Gasteiger partial charge is 1.00 e. The topological polar surface area (TPSA) is 58.2 Å². The van der Waals surface area contributed by atoms with Crippen molar-refractivity contribution in [2.24, 2.45) is 0 Å². The molecule has 0 unspecified atom stereocenters. The number of hydrogen-bond acceptors (Lipinski definition) is 2. The van der Waals surface area contributed by atoms with Gasteiger partial charge in [0, 0.05) is 0 Å². The van der Waals surface area contributed by atoms with E-state index in [9.17, 15) is 9.59 Å². The maximum atomic E-state index is 12.6. The Morgan fingerprint density at radius 3 is 1.48 bits per heavy atom. The van der Waals surface area contributed by atoms with Crippen LogP contribution >= 0.6 is 0 Å². The Bertz CT molecular complexity index is 761. The van der Waals surface area contributed by atoms with Gasteiger partial charge in [-0.1, -0.05) is 0 Å². The van der Waals surface area contributed by atoms with Crippen molar-refractivity contribution in [1.82, 2.24) is 7.60 Å². The summed E-state index contributed by atoms with van der Waals surface area (Å²) in [5, 5.41) is 0. The van der Waals surface area contributed by atoms with Gasteiger partial charge >= 0.3 is 172 Å². The fraction of sp³-hybridized carbons (Fsp3) is 0.364. The van der Waals surface area contributed by atoms with Crippen molar-refractivity contribution in [3.63, 3.8) is 0 Å². The average Bonchev–Trinajstić information content (AvgIpc) is 2.62. The maximum absolute atomic E-state index is 12.6. The summed E-state index contributed by atoms with van der Waals surface area (Å²) >= 11 is -1.11. The van der Waals surface area contributed by atoms with Crippen LogP contribution in [0.15, 0.2) is 36.4 Å². The van der Waals surface area contributed by atoms with Crippen molar-refractivity contribution < 1.29 is 54.1 Å². The number of halogens is 2. The zero-order valence-corrected chi connectivity index (χ0v) is 20.4. The van der Waals surface area contributed by atoms with Gasteiger partial charge in [-0.15, -0.1) is 0 Å². The molecular formula is C22H28Cl2N2O2Ti. The van der Waals surface area contributed by atoms with E-state index in [1.807, 2.05) is 38.1 Å². The smallest absolute Gasteiger partial charge is 1.00 e. The van der Waals surface area contributed by atoms with Gasteiger partial charge in [-0.2, -0.15) is 0 Å². The summed E-state index contributed by atoms with van der Waals surface area (Å²) in [4.78, 5) is 25.1. The molecule has 0 spiro atoms. The number of hydrogen-bond donors (Lipinski definition) is 2. The normalized spacial score (nSPS) is 9.52. The third-order valence-electron chi connectivity index (χ3n) is 4.40. The molecule has 7 heteroatoms. The van der Waals surface area contributed by atoms with Crippen LogP contribution in [0, 0.1) is 13.8 Å². The second kappa shape index (κ2) is 13.8. The van der Waals surface area contributed by atoms with Crippen LogP contribution in [0.25, 0.3) is 0 Å². The third kappa shape index (κ3) is 8.14. The van der Waals surface area contributed by atoms with Crippen molar-refractivity contribution in [3.8, 4) is 0 Å². The molecule has 4 nitrogen and oxygen atoms in total. The van der Waals surface area contributed by atoms with Gasteiger partial charge in [-0.3, -0.25) is 0 Å². The van der Waals surface area contributed by atoms with Crippen LogP contribution in [0.1, 0.15) is 69.7 Å². The molecular weight excluding hydrogens is 443 g/mol. The fourth-order valence-corrected chi connectivity index (χ4v) is 3.99. The summed E-state index contributed by atoms with van der Waals surface area (Å²) in [6.07, 6.45) is 3.73. The van der Waals surface area contributed by atoms with Crippen LogP contribution < -0.4 is 32.4 Å². The second-order valence-corrected chi connectivity index (χ2v) is 8.03. The Kier molecular flexibility index (Phi) is 13.2. The second-order valence-electron chi connectivity index (χ2n) is 6.85. The molecule has 0 heterocycles. The first-order valence-electron chi connectivity index (χ1n) is 9.51. The van der Waals surface area contributed by atoms with Crippen LogP contribution in [-0.2, 0) is 32.5 Å². The van der Waals surface area contributed by atoms with Crippen molar-refractivity contribution in [3.05, 3.63) is 69.8 Å². The van der Waals surface area contributed by atoms with Gasteiger partial charge in [-0.25, -0.2) is 0 Å². The molecule has 2 rings (SSSR count). The van der Waals surface area contributed by atoms with Gasteiger partial charge < -0.3 is 24.8 Å². The number of nitrogens with one attached hydrogen (secondary N) is 2. The molecule has 0 saturated heterocycles. The van der Waals surface area contributed by atoms with Gasteiger partial charge in [-0.05, 0) is 0 Å². The van der Waals surface area contributed by atoms with E-state index in [1.165, 1.54) is 0 Å². The minimum absolute atomic E-state index is 0. The Hall–Kier alpha value is -1.33. The molecule has 0 atom stereocenters. The number of carbonyl (C=O) groups excluding carboxylic acids is 2. The van der Waals surface area contributed by atoms with E-state index in [-0.39, 0.29) is 36.6 Å². The van der Waals surface area contributed by atoms with Gasteiger partial charge in [0.25, 0.3) is 0 Å². The molecule has 0 aliphatic heterocycles. The molecule has 0 aliphatic rings. The monoisotopic (exact) mass is 470 g/mol. The molecule has 0 saturated carbocycles. The van der Waals surface area contributed by atoms with Crippen LogP contribution in [0.2, 0.25) is 0 Å². The summed E-state index contributed by atoms with van der Waals surface area (Å²) in [6, 6.07) is 11.8. The maximum Gasteiger partial charge on any atom is -1.00 e. The van der Waals surface area contributed by atoms with E-state index in [0.717, 1.165) is 47.9 Å². The Labute approximate surface area is 196 Å². The predicted molar refractivity (Wildman–Crippen MR) is 105 cm³/mol. The summed E-state index contributed by atoms with van der Waals surface area (Å²) in [5.74, 6) is -0.201. The first-order chi connectivity index (χ1) is 13.0. The zero-order chi connectivity index (χ0) is 19.8. The van der Waals surface area contributed by atoms with Crippen molar-refractivity contribution in [2.45, 2.75) is 53.4 Å². The molecule has 156 valence electrons. The number of rotatable bonds is 8. The van der Waals surface area contributed by atoms with E-state index >= 15 is 0 Å². The number of benzene rings is 2. The molecule has 2 amide bonds. The third-order valence-corrected chi connectivity index (χ3v) is 5.50. The van der Waals surface area contributed by atoms with E-state index in [2.05, 4.69) is 33.6 Å². The van der Waals surface area contributed by atoms with E-state index in [0.29, 0.717) is 11.1 Å². The SMILES string of the molecule is CCCc1cc(C)ccc1C(=O)[NH][Ti+2][NH]C(=O)c1ccc(C)cc1CCC.[Cl-].[Cl-]. The Morgan fingerprint density at radius 2 is 1.14 bits per heavy atom. The summed E-state index contributed by atoms with van der Waals surface area (Å²) in [5.41, 5.74) is 5.86. The van der Waals surface area contributed by atoms with Gasteiger partial charge in [0.15, 0.2) is 0 Å². The van der Waals surface area contributed by atoms with Gasteiger partial charge in [0.1, 0.15) is 0 Å². The standard InChI is InChI=1S/2C11H15NO.2ClH.Ti/c2*1-3-4-9-7-8(2)5-6-10(9)11(12)13;;;/h2*5-7H,3-4H2,1-2H3,(H2,12,13);2*1H;/q;;;;+4/p-4. The van der Waals surface area contributed by atoms with E-state index in [4.69, 9.17) is 0 Å². The van der Waals surface area contributed by atoms with Crippen LogP contribution in [-0.4, -0.2) is 11.8 Å². The van der Waals surface area contributed by atoms with Gasteiger partial charge in [0.05, 0.1) is 0 Å². The molecule has 0 radical (unpaired) electrons. The van der Waals surface area contributed by atoms with Gasteiger partial charge in [0.2, 0.25) is 0 Å². The predicted octanol–water partition coefficient (Wildman–Crippen LogP) is -1.71. The molecule has 2 aromatic carbocycles. The van der Waals surface area contributed by atoms with E-state index in [1.54, 1.807) is 0 Å². The van der Waals surface area contributed by atoms with Crippen molar-refractivity contribution in [1.29, 1.82) is 0 Å². The Balaban J connectivity index is 0.00000392. The first-order valence-corrected chi connectivity index (χ1v) is 11.1. The Morgan fingerprint density at radius 1 is 0.759 bits per heavy atom. The molecule has 0 aromatic heterocycles. The number of amides is 2. The summed E-state index contributed by atoms with van der Waals surface area (Å²) in [6.45, 7) is 8.27. The van der Waals surface area contributed by atoms with Crippen LogP contribution in [0.4, 0.5) is 0 Å². The molecule has 2 aromatic rings. The summed E-state index contributed by atoms with van der Waals surface area (Å²) in [7, 11) is 0. The van der Waals surface area contributed by atoms with Crippen LogP contribution in [0.3, 0.4) is 0 Å². The molecule has 0 aliphatic carbocycles. The zero-order valence-electron chi connectivity index (χ0n) is 17.4. The van der Waals surface area contributed by atoms with Crippen molar-refractivity contribution >= 4 is 11.8 Å². The fourth-order valence-electron chi connectivity index (χ4n) is 3.12. The average molecular weight is 471 g/mol.